The smallest absolute Gasteiger partial charge is 0.269 e. The van der Waals surface area contributed by atoms with Gasteiger partial charge in [0, 0.05) is 11.8 Å². The molecule has 1 aliphatic heterocycles. The summed E-state index contributed by atoms with van der Waals surface area (Å²) in [5, 5.41) is 10.4. The Labute approximate surface area is 119 Å². The number of carbonyl (C=O) groups excluding carboxylic acids is 1. The Kier molecular flexibility index (Phi) is 5.73. The number of carbonyl (C=O) groups is 1. The molecule has 1 unspecified atom stereocenters. The van der Waals surface area contributed by atoms with Crippen molar-refractivity contribution in [2.24, 2.45) is 15.7 Å². The van der Waals surface area contributed by atoms with Crippen molar-refractivity contribution in [1.29, 1.82) is 0 Å². The minimum absolute atomic E-state index is 0.0329. The number of hydrogen-bond acceptors (Lipinski definition) is 5. The molecule has 6 heteroatoms. The Morgan fingerprint density at radius 3 is 2.90 bits per heavy atom. The maximum Gasteiger partial charge on any atom is 0.269 e. The number of amides is 1. The lowest BCUT2D eigenvalue weighted by molar-refractivity contribution is -0.114. The van der Waals surface area contributed by atoms with E-state index in [1.54, 1.807) is 13.0 Å². The first-order chi connectivity index (χ1) is 9.34. The first-order valence-electron chi connectivity index (χ1n) is 6.61. The highest BCUT2D eigenvalue weighted by Gasteiger charge is 2.32. The Hall–Kier alpha value is -1.85. The topological polar surface area (TPSA) is 72.3 Å². The monoisotopic (exact) mass is 281 g/mol. The molecule has 0 fully saturated rings. The van der Waals surface area contributed by atoms with Gasteiger partial charge < -0.3 is 15.0 Å². The van der Waals surface area contributed by atoms with Crippen LogP contribution in [-0.2, 0) is 14.5 Å². The third kappa shape index (κ3) is 5.03. The van der Waals surface area contributed by atoms with Crippen molar-refractivity contribution < 1.29 is 14.5 Å². The Balaban J connectivity index is 2.36. The van der Waals surface area contributed by atoms with E-state index in [2.05, 4.69) is 43.0 Å². The van der Waals surface area contributed by atoms with Crippen LogP contribution < -0.4 is 5.32 Å². The second kappa shape index (κ2) is 7.07. The van der Waals surface area contributed by atoms with Crippen LogP contribution in [0.15, 0.2) is 23.0 Å². The summed E-state index contributed by atoms with van der Waals surface area (Å²) in [7, 11) is 0. The quantitative estimate of drug-likeness (QED) is 0.349. The van der Waals surface area contributed by atoms with Gasteiger partial charge in [0.25, 0.3) is 5.91 Å². The van der Waals surface area contributed by atoms with Crippen LogP contribution in [0.1, 0.15) is 34.1 Å². The molecule has 0 saturated carbocycles. The van der Waals surface area contributed by atoms with Crippen LogP contribution in [0.25, 0.3) is 0 Å². The summed E-state index contributed by atoms with van der Waals surface area (Å²) < 4.78 is 0. The van der Waals surface area contributed by atoms with Gasteiger partial charge in [0.1, 0.15) is 18.4 Å². The summed E-state index contributed by atoms with van der Waals surface area (Å²) >= 11 is 0. The highest BCUT2D eigenvalue weighted by atomic mass is 16.6. The zero-order chi connectivity index (χ0) is 15.2. The normalized spacial score (nSPS) is 19.1. The Morgan fingerprint density at radius 1 is 1.65 bits per heavy atom. The van der Waals surface area contributed by atoms with Gasteiger partial charge in [-0.1, -0.05) is 43.7 Å². The van der Waals surface area contributed by atoms with Gasteiger partial charge in [-0.3, -0.25) is 4.79 Å². The summed E-state index contributed by atoms with van der Waals surface area (Å²) in [4.78, 5) is 22.0. The van der Waals surface area contributed by atoms with Crippen LogP contribution in [0, 0.1) is 5.41 Å². The molecule has 0 aromatic carbocycles. The van der Waals surface area contributed by atoms with E-state index in [9.17, 15) is 4.79 Å². The molecule has 0 aromatic rings. The first kappa shape index (κ1) is 16.2. The first-order valence-corrected chi connectivity index (χ1v) is 6.61. The summed E-state index contributed by atoms with van der Waals surface area (Å²) in [6.45, 7) is 12.0. The second-order valence-corrected chi connectivity index (χ2v) is 5.77. The number of hydrogen-bond donors (Lipinski definition) is 1. The van der Waals surface area contributed by atoms with Gasteiger partial charge in [0.15, 0.2) is 0 Å². The SMILES string of the molecule is C=CCO/N=C(\C)C(=O)NCC1=NOC(C(C)(C)C)C1. The van der Waals surface area contributed by atoms with Gasteiger partial charge in [-0.15, -0.1) is 0 Å². The van der Waals surface area contributed by atoms with Gasteiger partial charge in [0.05, 0.1) is 12.3 Å². The molecule has 0 spiro atoms. The van der Waals surface area contributed by atoms with Gasteiger partial charge in [0.2, 0.25) is 0 Å². The molecule has 0 aliphatic carbocycles. The fraction of sp³-hybridized carbons (Fsp3) is 0.643. The zero-order valence-electron chi connectivity index (χ0n) is 12.6. The molecule has 1 N–H and O–H groups in total. The number of rotatable bonds is 6. The Morgan fingerprint density at radius 2 is 2.35 bits per heavy atom. The van der Waals surface area contributed by atoms with E-state index in [0.29, 0.717) is 6.54 Å². The molecule has 1 aliphatic rings. The second-order valence-electron chi connectivity index (χ2n) is 5.77. The predicted octanol–water partition coefficient (Wildman–Crippen LogP) is 1.87. The molecule has 0 aromatic heterocycles. The van der Waals surface area contributed by atoms with E-state index in [4.69, 9.17) is 9.68 Å². The molecule has 20 heavy (non-hydrogen) atoms. The molecule has 1 rings (SSSR count). The lowest BCUT2D eigenvalue weighted by Crippen LogP contribution is -2.34. The van der Waals surface area contributed by atoms with Gasteiger partial charge >= 0.3 is 0 Å². The van der Waals surface area contributed by atoms with Gasteiger partial charge in [-0.05, 0) is 6.92 Å². The third-order valence-corrected chi connectivity index (χ3v) is 2.87. The largest absolute Gasteiger partial charge is 0.392 e. The van der Waals surface area contributed by atoms with Crippen molar-refractivity contribution in [3.05, 3.63) is 12.7 Å². The molecule has 112 valence electrons. The summed E-state index contributed by atoms with van der Waals surface area (Å²) in [5.74, 6) is -0.282. The van der Waals surface area contributed by atoms with Crippen LogP contribution >= 0.6 is 0 Å². The van der Waals surface area contributed by atoms with Crippen LogP contribution in [0.2, 0.25) is 0 Å². The molecule has 1 amide bonds. The molecule has 1 atom stereocenters. The minimum atomic E-state index is -0.282. The van der Waals surface area contributed by atoms with Crippen LogP contribution in [0.5, 0.6) is 0 Å². The maximum absolute atomic E-state index is 11.7. The average molecular weight is 281 g/mol. The van der Waals surface area contributed by atoms with E-state index in [-0.39, 0.29) is 29.7 Å². The van der Waals surface area contributed by atoms with Crippen molar-refractivity contribution in [2.45, 2.75) is 40.2 Å². The highest BCUT2D eigenvalue weighted by molar-refractivity contribution is 6.38. The van der Waals surface area contributed by atoms with Crippen molar-refractivity contribution in [2.75, 3.05) is 13.2 Å². The van der Waals surface area contributed by atoms with E-state index >= 15 is 0 Å². The third-order valence-electron chi connectivity index (χ3n) is 2.87. The molecular weight excluding hydrogens is 258 g/mol. The zero-order valence-corrected chi connectivity index (χ0v) is 12.6. The molecule has 1 heterocycles. The summed E-state index contributed by atoms with van der Waals surface area (Å²) in [6.07, 6.45) is 2.35. The van der Waals surface area contributed by atoms with Crippen molar-refractivity contribution in [3.8, 4) is 0 Å². The standard InChI is InChI=1S/C14H23N3O3/c1-6-7-19-16-10(2)13(18)15-9-11-8-12(20-17-11)14(3,4)5/h6,12H,1,7-9H2,2-5H3,(H,15,18)/b16-10+. The molecule has 0 saturated heterocycles. The number of nitrogens with one attached hydrogen (secondary N) is 1. The predicted molar refractivity (Wildman–Crippen MR) is 78.6 cm³/mol. The minimum Gasteiger partial charge on any atom is -0.392 e. The van der Waals surface area contributed by atoms with Gasteiger partial charge in [-0.25, -0.2) is 0 Å². The lowest BCUT2D eigenvalue weighted by atomic mass is 9.86. The molecule has 0 bridgehead atoms. The van der Waals surface area contributed by atoms with E-state index < -0.39 is 0 Å². The van der Waals surface area contributed by atoms with Crippen LogP contribution in [-0.4, -0.2) is 36.6 Å². The molecule has 0 radical (unpaired) electrons. The Bertz CT molecular complexity index is 422. The maximum atomic E-state index is 11.7. The molecular formula is C14H23N3O3. The highest BCUT2D eigenvalue weighted by Crippen LogP contribution is 2.28. The van der Waals surface area contributed by atoms with Crippen LogP contribution in [0.3, 0.4) is 0 Å². The van der Waals surface area contributed by atoms with Crippen molar-refractivity contribution in [3.63, 3.8) is 0 Å². The lowest BCUT2D eigenvalue weighted by Gasteiger charge is -2.23. The molecule has 6 nitrogen and oxygen atoms in total. The fourth-order valence-electron chi connectivity index (χ4n) is 1.53. The van der Waals surface area contributed by atoms with E-state index in [1.165, 1.54) is 0 Å². The number of nitrogens with zero attached hydrogens (tertiary/aromatic N) is 2. The van der Waals surface area contributed by atoms with Gasteiger partial charge in [-0.2, -0.15) is 0 Å². The fourth-order valence-corrected chi connectivity index (χ4v) is 1.53. The number of oxime groups is 2. The summed E-state index contributed by atoms with van der Waals surface area (Å²) in [6, 6.07) is 0. The van der Waals surface area contributed by atoms with E-state index in [1.807, 2.05) is 0 Å². The average Bonchev–Trinajstić information content (AvgIpc) is 2.84. The van der Waals surface area contributed by atoms with Crippen molar-refractivity contribution in [1.82, 2.24) is 5.32 Å². The summed E-state index contributed by atoms with van der Waals surface area (Å²) in [5.41, 5.74) is 1.13. The van der Waals surface area contributed by atoms with Crippen molar-refractivity contribution >= 4 is 17.3 Å². The van der Waals surface area contributed by atoms with E-state index in [0.717, 1.165) is 12.1 Å². The van der Waals surface area contributed by atoms with Crippen LogP contribution in [0.4, 0.5) is 0 Å².